The molecule has 18 heavy (non-hydrogen) atoms. The van der Waals surface area contributed by atoms with Gasteiger partial charge in [-0.05, 0) is 40.7 Å². The van der Waals surface area contributed by atoms with Crippen LogP contribution in [0, 0.1) is 0 Å². The molecule has 0 unspecified atom stereocenters. The van der Waals surface area contributed by atoms with Crippen molar-refractivity contribution in [3.05, 3.63) is 53.6 Å². The maximum Gasteiger partial charge on any atom is 0.0355 e. The Balaban J connectivity index is 2.36. The molecule has 0 aromatic heterocycles. The smallest absolute Gasteiger partial charge is 0.0355 e. The Hall–Kier alpha value is -1.76. The molecule has 0 spiro atoms. The molecule has 0 bridgehead atoms. The van der Waals surface area contributed by atoms with Crippen LogP contribution >= 0.6 is 0 Å². The van der Waals surface area contributed by atoms with Gasteiger partial charge in [0.05, 0.1) is 0 Å². The highest BCUT2D eigenvalue weighted by Crippen LogP contribution is 2.28. The van der Waals surface area contributed by atoms with Crippen molar-refractivity contribution in [2.45, 2.75) is 33.1 Å². The second-order valence-corrected chi connectivity index (χ2v) is 5.05. The first-order valence-electron chi connectivity index (χ1n) is 6.60. The molecule has 2 aromatic rings. The van der Waals surface area contributed by atoms with Crippen molar-refractivity contribution >= 4 is 5.69 Å². The van der Waals surface area contributed by atoms with Crippen molar-refractivity contribution in [3.63, 3.8) is 0 Å². The van der Waals surface area contributed by atoms with Crippen LogP contribution in [0.15, 0.2) is 42.5 Å². The minimum atomic E-state index is 0.474. The Morgan fingerprint density at radius 1 is 0.944 bits per heavy atom. The van der Waals surface area contributed by atoms with E-state index in [4.69, 9.17) is 5.73 Å². The van der Waals surface area contributed by atoms with Crippen molar-refractivity contribution in [1.29, 1.82) is 0 Å². The van der Waals surface area contributed by atoms with Crippen molar-refractivity contribution in [1.82, 2.24) is 0 Å². The van der Waals surface area contributed by atoms with E-state index in [0.29, 0.717) is 5.92 Å². The predicted molar refractivity (Wildman–Crippen MR) is 79.8 cm³/mol. The minimum absolute atomic E-state index is 0.474. The first-order valence-corrected chi connectivity index (χ1v) is 6.60. The van der Waals surface area contributed by atoms with Gasteiger partial charge in [-0.2, -0.15) is 0 Å². The number of hydrogen-bond acceptors (Lipinski definition) is 1. The third-order valence-electron chi connectivity index (χ3n) is 3.40. The van der Waals surface area contributed by atoms with Crippen LogP contribution in [0.2, 0.25) is 0 Å². The zero-order chi connectivity index (χ0) is 13.1. The van der Waals surface area contributed by atoms with Crippen molar-refractivity contribution in [2.75, 3.05) is 5.73 Å². The normalized spacial score (nSPS) is 10.9. The molecule has 1 heteroatoms. The van der Waals surface area contributed by atoms with E-state index in [0.717, 1.165) is 12.1 Å². The molecule has 2 N–H and O–H groups in total. The molecule has 0 aliphatic heterocycles. The summed E-state index contributed by atoms with van der Waals surface area (Å²) < 4.78 is 0. The van der Waals surface area contributed by atoms with E-state index in [1.807, 2.05) is 0 Å². The second-order valence-electron chi connectivity index (χ2n) is 5.05. The summed E-state index contributed by atoms with van der Waals surface area (Å²) in [5.74, 6) is 0.474. The maximum atomic E-state index is 6.12. The highest BCUT2D eigenvalue weighted by atomic mass is 14.6. The summed E-state index contributed by atoms with van der Waals surface area (Å²) in [5.41, 5.74) is 12.0. The van der Waals surface area contributed by atoms with Gasteiger partial charge in [-0.1, -0.05) is 57.2 Å². The highest BCUT2D eigenvalue weighted by Gasteiger charge is 2.06. The van der Waals surface area contributed by atoms with Crippen LogP contribution in [0.5, 0.6) is 0 Å². The Bertz CT molecular complexity index is 524. The van der Waals surface area contributed by atoms with Gasteiger partial charge in [0.1, 0.15) is 0 Å². The summed E-state index contributed by atoms with van der Waals surface area (Å²) in [7, 11) is 0. The second kappa shape index (κ2) is 5.26. The SMILES string of the molecule is CCc1ccc(-c2ccc(C(C)C)c(N)c2)cc1. The lowest BCUT2D eigenvalue weighted by Gasteiger charge is -2.11. The fourth-order valence-electron chi connectivity index (χ4n) is 2.21. The Kier molecular flexibility index (Phi) is 3.71. The van der Waals surface area contributed by atoms with Crippen molar-refractivity contribution in [2.24, 2.45) is 0 Å². The van der Waals surface area contributed by atoms with Gasteiger partial charge in [-0.25, -0.2) is 0 Å². The molecule has 2 aromatic carbocycles. The van der Waals surface area contributed by atoms with Crippen molar-refractivity contribution < 1.29 is 0 Å². The van der Waals surface area contributed by atoms with Gasteiger partial charge >= 0.3 is 0 Å². The minimum Gasteiger partial charge on any atom is -0.398 e. The average Bonchev–Trinajstić information content (AvgIpc) is 2.38. The first-order chi connectivity index (χ1) is 8.61. The van der Waals surface area contributed by atoms with E-state index in [1.165, 1.54) is 22.3 Å². The fraction of sp³-hybridized carbons (Fsp3) is 0.294. The van der Waals surface area contributed by atoms with E-state index in [9.17, 15) is 0 Å². The zero-order valence-corrected chi connectivity index (χ0v) is 11.4. The van der Waals surface area contributed by atoms with Crippen LogP contribution in [0.4, 0.5) is 5.69 Å². The Labute approximate surface area is 110 Å². The molecule has 0 aliphatic carbocycles. The van der Waals surface area contributed by atoms with Gasteiger partial charge in [0.15, 0.2) is 0 Å². The average molecular weight is 239 g/mol. The van der Waals surface area contributed by atoms with Gasteiger partial charge in [0, 0.05) is 5.69 Å². The van der Waals surface area contributed by atoms with E-state index in [2.05, 4.69) is 63.2 Å². The fourth-order valence-corrected chi connectivity index (χ4v) is 2.21. The van der Waals surface area contributed by atoms with Gasteiger partial charge in [-0.3, -0.25) is 0 Å². The third kappa shape index (κ3) is 2.56. The van der Waals surface area contributed by atoms with Crippen molar-refractivity contribution in [3.8, 4) is 11.1 Å². The summed E-state index contributed by atoms with van der Waals surface area (Å²) >= 11 is 0. The van der Waals surface area contributed by atoms with Crippen LogP contribution in [0.1, 0.15) is 37.8 Å². The number of hydrogen-bond donors (Lipinski definition) is 1. The molecule has 1 nitrogen and oxygen atoms in total. The number of rotatable bonds is 3. The lowest BCUT2D eigenvalue weighted by atomic mass is 9.96. The molecule has 0 fully saturated rings. The monoisotopic (exact) mass is 239 g/mol. The van der Waals surface area contributed by atoms with E-state index < -0.39 is 0 Å². The lowest BCUT2D eigenvalue weighted by Crippen LogP contribution is -1.96. The molecule has 0 atom stereocenters. The van der Waals surface area contributed by atoms with E-state index in [1.54, 1.807) is 0 Å². The third-order valence-corrected chi connectivity index (χ3v) is 3.40. The number of aryl methyl sites for hydroxylation is 1. The van der Waals surface area contributed by atoms with Crippen LogP contribution in [-0.4, -0.2) is 0 Å². The summed E-state index contributed by atoms with van der Waals surface area (Å²) in [5, 5.41) is 0. The van der Waals surface area contributed by atoms with Gasteiger partial charge < -0.3 is 5.73 Å². The molecular formula is C17H21N. The van der Waals surface area contributed by atoms with Gasteiger partial charge in [0.25, 0.3) is 0 Å². The van der Waals surface area contributed by atoms with Crippen LogP contribution in [0.25, 0.3) is 11.1 Å². The predicted octanol–water partition coefficient (Wildman–Crippen LogP) is 4.62. The Morgan fingerprint density at radius 3 is 2.06 bits per heavy atom. The quantitative estimate of drug-likeness (QED) is 0.777. The summed E-state index contributed by atoms with van der Waals surface area (Å²) in [6, 6.07) is 15.1. The van der Waals surface area contributed by atoms with Crippen LogP contribution in [-0.2, 0) is 6.42 Å². The molecule has 0 radical (unpaired) electrons. The first kappa shape index (κ1) is 12.7. The van der Waals surface area contributed by atoms with Crippen LogP contribution < -0.4 is 5.73 Å². The largest absolute Gasteiger partial charge is 0.398 e. The maximum absolute atomic E-state index is 6.12. The summed E-state index contributed by atoms with van der Waals surface area (Å²) in [6.07, 6.45) is 1.08. The highest BCUT2D eigenvalue weighted by molar-refractivity contribution is 5.69. The molecule has 0 aliphatic rings. The molecule has 2 rings (SSSR count). The van der Waals surface area contributed by atoms with E-state index in [-0.39, 0.29) is 0 Å². The topological polar surface area (TPSA) is 26.0 Å². The molecule has 0 heterocycles. The van der Waals surface area contributed by atoms with Crippen LogP contribution in [0.3, 0.4) is 0 Å². The number of nitrogens with two attached hydrogens (primary N) is 1. The molecule has 0 saturated heterocycles. The summed E-state index contributed by atoms with van der Waals surface area (Å²) in [4.78, 5) is 0. The summed E-state index contributed by atoms with van der Waals surface area (Å²) in [6.45, 7) is 6.51. The molecular weight excluding hydrogens is 218 g/mol. The lowest BCUT2D eigenvalue weighted by molar-refractivity contribution is 0.870. The van der Waals surface area contributed by atoms with Gasteiger partial charge in [-0.15, -0.1) is 0 Å². The van der Waals surface area contributed by atoms with Gasteiger partial charge in [0.2, 0.25) is 0 Å². The molecule has 0 saturated carbocycles. The Morgan fingerprint density at radius 2 is 1.56 bits per heavy atom. The number of anilines is 1. The zero-order valence-electron chi connectivity index (χ0n) is 11.4. The number of benzene rings is 2. The molecule has 0 amide bonds. The number of nitrogen functional groups attached to an aromatic ring is 1. The standard InChI is InChI=1S/C17H21N/c1-4-13-5-7-14(8-6-13)15-9-10-16(12(2)3)17(18)11-15/h5-12H,4,18H2,1-3H3. The van der Waals surface area contributed by atoms with E-state index >= 15 is 0 Å². The molecule has 94 valence electrons.